The van der Waals surface area contributed by atoms with E-state index in [1.165, 1.54) is 25.0 Å². The smallest absolute Gasteiger partial charge is 0.312 e. The lowest BCUT2D eigenvalue weighted by molar-refractivity contribution is -0.137. The van der Waals surface area contributed by atoms with Gasteiger partial charge in [-0.1, -0.05) is 18.2 Å². The summed E-state index contributed by atoms with van der Waals surface area (Å²) in [6.07, 6.45) is -1.75. The van der Waals surface area contributed by atoms with Gasteiger partial charge in [0.05, 0.1) is 5.56 Å². The third kappa shape index (κ3) is 4.56. The fourth-order valence-corrected chi connectivity index (χ4v) is 1.60. The van der Waals surface area contributed by atoms with Crippen molar-refractivity contribution in [2.75, 3.05) is 6.54 Å². The van der Waals surface area contributed by atoms with Crippen molar-refractivity contribution in [2.45, 2.75) is 25.6 Å². The molecule has 96 valence electrons. The standard InChI is InChI=1S/C12H14F3N.ClH/c13-12(14,15)11-3-1-2-10(6-11)8-16-7-9-4-5-9;/h1-3,6,9,16H,4-5,7-8H2;1H. The highest BCUT2D eigenvalue weighted by Crippen LogP contribution is 2.30. The zero-order chi connectivity index (χ0) is 11.6. The number of halogens is 4. The van der Waals surface area contributed by atoms with E-state index < -0.39 is 11.7 Å². The second-order valence-electron chi connectivity index (χ2n) is 4.27. The van der Waals surface area contributed by atoms with Gasteiger partial charge in [-0.3, -0.25) is 0 Å². The molecule has 1 fully saturated rings. The summed E-state index contributed by atoms with van der Waals surface area (Å²) in [4.78, 5) is 0. The van der Waals surface area contributed by atoms with Gasteiger partial charge in [0, 0.05) is 6.54 Å². The van der Waals surface area contributed by atoms with E-state index in [9.17, 15) is 13.2 Å². The van der Waals surface area contributed by atoms with Crippen molar-refractivity contribution in [3.8, 4) is 0 Å². The number of hydrogen-bond acceptors (Lipinski definition) is 1. The van der Waals surface area contributed by atoms with E-state index in [0.717, 1.165) is 18.5 Å². The van der Waals surface area contributed by atoms with Crippen LogP contribution in [0.5, 0.6) is 0 Å². The fourth-order valence-electron chi connectivity index (χ4n) is 1.60. The van der Waals surface area contributed by atoms with Gasteiger partial charge < -0.3 is 5.32 Å². The number of rotatable bonds is 4. The molecule has 0 aliphatic heterocycles. The van der Waals surface area contributed by atoms with Crippen LogP contribution in [0.3, 0.4) is 0 Å². The van der Waals surface area contributed by atoms with Crippen LogP contribution >= 0.6 is 12.4 Å². The first-order valence-corrected chi connectivity index (χ1v) is 5.42. The van der Waals surface area contributed by atoms with Crippen LogP contribution in [0, 0.1) is 5.92 Å². The average molecular weight is 266 g/mol. The van der Waals surface area contributed by atoms with Crippen molar-refractivity contribution < 1.29 is 13.2 Å². The van der Waals surface area contributed by atoms with E-state index in [2.05, 4.69) is 5.32 Å². The second kappa shape index (κ2) is 5.74. The molecule has 0 bridgehead atoms. The first-order valence-electron chi connectivity index (χ1n) is 5.42. The molecule has 1 aliphatic rings. The molecule has 17 heavy (non-hydrogen) atoms. The monoisotopic (exact) mass is 265 g/mol. The van der Waals surface area contributed by atoms with Crippen molar-refractivity contribution >= 4 is 12.4 Å². The Morgan fingerprint density at radius 3 is 2.53 bits per heavy atom. The molecular weight excluding hydrogens is 251 g/mol. The Labute approximate surface area is 105 Å². The van der Waals surface area contributed by atoms with Crippen LogP contribution in [0.25, 0.3) is 0 Å². The Balaban J connectivity index is 0.00000144. The number of hydrogen-bond donors (Lipinski definition) is 1. The fraction of sp³-hybridized carbons (Fsp3) is 0.500. The maximum Gasteiger partial charge on any atom is 0.416 e. The van der Waals surface area contributed by atoms with Crippen LogP contribution in [-0.2, 0) is 12.7 Å². The average Bonchev–Trinajstić information content (AvgIpc) is 3.01. The molecule has 1 saturated carbocycles. The Bertz CT molecular complexity index is 361. The number of nitrogens with one attached hydrogen (secondary N) is 1. The van der Waals surface area contributed by atoms with Crippen LogP contribution in [0.1, 0.15) is 24.0 Å². The van der Waals surface area contributed by atoms with Crippen LogP contribution < -0.4 is 5.32 Å². The molecule has 1 aromatic rings. The highest BCUT2D eigenvalue weighted by Gasteiger charge is 2.30. The molecule has 1 aromatic carbocycles. The van der Waals surface area contributed by atoms with E-state index in [4.69, 9.17) is 0 Å². The van der Waals surface area contributed by atoms with Crippen molar-refractivity contribution in [3.63, 3.8) is 0 Å². The highest BCUT2D eigenvalue weighted by atomic mass is 35.5. The molecular formula is C12H15ClF3N. The van der Waals surface area contributed by atoms with Crippen molar-refractivity contribution in [1.82, 2.24) is 5.32 Å². The van der Waals surface area contributed by atoms with Crippen molar-refractivity contribution in [3.05, 3.63) is 35.4 Å². The predicted molar refractivity (Wildman–Crippen MR) is 63.1 cm³/mol. The molecule has 0 heterocycles. The minimum absolute atomic E-state index is 0. The summed E-state index contributed by atoms with van der Waals surface area (Å²) in [5.74, 6) is 0.741. The quantitative estimate of drug-likeness (QED) is 0.877. The Morgan fingerprint density at radius 2 is 1.94 bits per heavy atom. The van der Waals surface area contributed by atoms with Crippen molar-refractivity contribution in [2.24, 2.45) is 5.92 Å². The number of alkyl halides is 3. The molecule has 0 unspecified atom stereocenters. The summed E-state index contributed by atoms with van der Waals surface area (Å²) < 4.78 is 37.2. The van der Waals surface area contributed by atoms with Gasteiger partial charge in [0.25, 0.3) is 0 Å². The molecule has 0 radical (unpaired) electrons. The molecule has 0 amide bonds. The molecule has 0 spiro atoms. The van der Waals surface area contributed by atoms with Gasteiger partial charge in [-0.25, -0.2) is 0 Å². The molecule has 0 saturated heterocycles. The summed E-state index contributed by atoms with van der Waals surface area (Å²) in [5.41, 5.74) is 0.119. The largest absolute Gasteiger partial charge is 0.416 e. The lowest BCUT2D eigenvalue weighted by Gasteiger charge is -2.09. The Kier molecular flexibility index (Phi) is 4.83. The summed E-state index contributed by atoms with van der Waals surface area (Å²) in [6.45, 7) is 1.43. The first kappa shape index (κ1) is 14.3. The zero-order valence-corrected chi connectivity index (χ0v) is 10.1. The summed E-state index contributed by atoms with van der Waals surface area (Å²) in [5, 5.41) is 3.17. The van der Waals surface area contributed by atoms with Crippen LogP contribution in [0.4, 0.5) is 13.2 Å². The van der Waals surface area contributed by atoms with Gasteiger partial charge in [-0.2, -0.15) is 13.2 Å². The predicted octanol–water partition coefficient (Wildman–Crippen LogP) is 3.63. The Hall–Kier alpha value is -0.740. The summed E-state index contributed by atoms with van der Waals surface area (Å²) in [7, 11) is 0. The van der Waals surface area contributed by atoms with Crippen LogP contribution in [0.15, 0.2) is 24.3 Å². The van der Waals surface area contributed by atoms with Gasteiger partial charge in [0.2, 0.25) is 0 Å². The van der Waals surface area contributed by atoms with E-state index in [-0.39, 0.29) is 12.4 Å². The summed E-state index contributed by atoms with van der Waals surface area (Å²) >= 11 is 0. The SMILES string of the molecule is Cl.FC(F)(F)c1cccc(CNCC2CC2)c1. The Morgan fingerprint density at radius 1 is 1.24 bits per heavy atom. The molecule has 1 N–H and O–H groups in total. The first-order chi connectivity index (χ1) is 7.55. The van der Waals surface area contributed by atoms with Gasteiger partial charge in [-0.05, 0) is 36.9 Å². The molecule has 1 nitrogen and oxygen atoms in total. The van der Waals surface area contributed by atoms with Crippen LogP contribution in [-0.4, -0.2) is 6.54 Å². The van der Waals surface area contributed by atoms with Crippen molar-refractivity contribution in [1.29, 1.82) is 0 Å². The van der Waals surface area contributed by atoms with Gasteiger partial charge >= 0.3 is 6.18 Å². The van der Waals surface area contributed by atoms with Gasteiger partial charge in [0.1, 0.15) is 0 Å². The minimum Gasteiger partial charge on any atom is -0.312 e. The van der Waals surface area contributed by atoms with E-state index in [0.29, 0.717) is 12.1 Å². The topological polar surface area (TPSA) is 12.0 Å². The van der Waals surface area contributed by atoms with E-state index in [1.54, 1.807) is 6.07 Å². The minimum atomic E-state index is -4.24. The lowest BCUT2D eigenvalue weighted by atomic mass is 10.1. The molecule has 1 aliphatic carbocycles. The maximum atomic E-state index is 12.4. The normalized spacial score (nSPS) is 15.5. The third-order valence-corrected chi connectivity index (χ3v) is 2.71. The third-order valence-electron chi connectivity index (χ3n) is 2.71. The summed E-state index contributed by atoms with van der Waals surface area (Å²) in [6, 6.07) is 5.48. The molecule has 0 aromatic heterocycles. The molecule has 0 atom stereocenters. The molecule has 2 rings (SSSR count). The maximum absolute atomic E-state index is 12.4. The van der Waals surface area contributed by atoms with E-state index >= 15 is 0 Å². The lowest BCUT2D eigenvalue weighted by Crippen LogP contribution is -2.16. The number of benzene rings is 1. The van der Waals surface area contributed by atoms with Crippen LogP contribution in [0.2, 0.25) is 0 Å². The highest BCUT2D eigenvalue weighted by molar-refractivity contribution is 5.85. The second-order valence-corrected chi connectivity index (χ2v) is 4.27. The van der Waals surface area contributed by atoms with E-state index in [1.807, 2.05) is 0 Å². The molecule has 5 heteroatoms. The van der Waals surface area contributed by atoms with Gasteiger partial charge in [0.15, 0.2) is 0 Å². The zero-order valence-electron chi connectivity index (χ0n) is 9.26. The van der Waals surface area contributed by atoms with Gasteiger partial charge in [-0.15, -0.1) is 12.4 Å².